The lowest BCUT2D eigenvalue weighted by Gasteiger charge is -2.28. The van der Waals surface area contributed by atoms with E-state index in [2.05, 4.69) is 27.6 Å². The van der Waals surface area contributed by atoms with Gasteiger partial charge in [0.1, 0.15) is 18.0 Å². The summed E-state index contributed by atoms with van der Waals surface area (Å²) in [6.45, 7) is 2.23. The fourth-order valence-electron chi connectivity index (χ4n) is 2.50. The minimum Gasteiger partial charge on any atom is -0.367 e. The number of nitrogens with zero attached hydrogens (tertiary/aromatic N) is 2. The maximum absolute atomic E-state index is 5.32. The first kappa shape index (κ1) is 12.1. The second-order valence-corrected chi connectivity index (χ2v) is 4.76. The van der Waals surface area contributed by atoms with Crippen molar-refractivity contribution in [1.82, 2.24) is 9.97 Å². The summed E-state index contributed by atoms with van der Waals surface area (Å²) < 4.78 is 0. The Morgan fingerprint density at radius 1 is 1.24 bits per heavy atom. The van der Waals surface area contributed by atoms with Gasteiger partial charge in [-0.05, 0) is 25.7 Å². The summed E-state index contributed by atoms with van der Waals surface area (Å²) in [7, 11) is 0. The molecular formula is C12H21N5. The molecule has 1 fully saturated rings. The standard InChI is InChI=1S/C12H21N5/c1-9(10-5-3-2-4-6-10)16-11-7-12(17-13)15-8-14-11/h7-10H,2-6,13H2,1H3,(H2,14,15,16,17). The molecule has 1 aromatic rings. The lowest BCUT2D eigenvalue weighted by atomic mass is 9.84. The fraction of sp³-hybridized carbons (Fsp3) is 0.667. The SMILES string of the molecule is CC(Nc1cc(NN)ncn1)C1CCCCC1. The third-order valence-corrected chi connectivity index (χ3v) is 3.55. The van der Waals surface area contributed by atoms with Gasteiger partial charge in [-0.1, -0.05) is 19.3 Å². The van der Waals surface area contributed by atoms with Crippen molar-refractivity contribution < 1.29 is 0 Å². The smallest absolute Gasteiger partial charge is 0.145 e. The number of rotatable bonds is 4. The molecule has 5 heteroatoms. The molecule has 1 heterocycles. The van der Waals surface area contributed by atoms with E-state index in [0.717, 1.165) is 11.7 Å². The molecule has 1 unspecified atom stereocenters. The first-order valence-electron chi connectivity index (χ1n) is 6.35. The van der Waals surface area contributed by atoms with Gasteiger partial charge in [0.25, 0.3) is 0 Å². The molecule has 2 rings (SSSR count). The monoisotopic (exact) mass is 235 g/mol. The number of anilines is 2. The van der Waals surface area contributed by atoms with Crippen LogP contribution in [0.25, 0.3) is 0 Å². The highest BCUT2D eigenvalue weighted by molar-refractivity contribution is 5.46. The number of aromatic nitrogens is 2. The van der Waals surface area contributed by atoms with E-state index in [-0.39, 0.29) is 0 Å². The van der Waals surface area contributed by atoms with E-state index in [9.17, 15) is 0 Å². The summed E-state index contributed by atoms with van der Waals surface area (Å²) in [4.78, 5) is 8.19. The maximum Gasteiger partial charge on any atom is 0.145 e. The minimum absolute atomic E-state index is 0.454. The highest BCUT2D eigenvalue weighted by Gasteiger charge is 2.20. The van der Waals surface area contributed by atoms with E-state index in [4.69, 9.17) is 5.84 Å². The molecule has 0 saturated heterocycles. The lowest BCUT2D eigenvalue weighted by Crippen LogP contribution is -2.28. The molecule has 94 valence electrons. The average Bonchev–Trinajstić information content (AvgIpc) is 2.40. The quantitative estimate of drug-likeness (QED) is 0.550. The molecule has 17 heavy (non-hydrogen) atoms. The molecule has 0 spiro atoms. The predicted molar refractivity (Wildman–Crippen MR) is 69.5 cm³/mol. The van der Waals surface area contributed by atoms with Crippen molar-refractivity contribution in [2.75, 3.05) is 10.7 Å². The molecule has 0 aliphatic heterocycles. The molecule has 1 aliphatic rings. The van der Waals surface area contributed by atoms with Crippen LogP contribution in [0.2, 0.25) is 0 Å². The third kappa shape index (κ3) is 3.30. The first-order valence-corrected chi connectivity index (χ1v) is 6.35. The largest absolute Gasteiger partial charge is 0.367 e. The molecule has 5 nitrogen and oxygen atoms in total. The Balaban J connectivity index is 1.94. The Morgan fingerprint density at radius 2 is 1.94 bits per heavy atom. The molecule has 0 bridgehead atoms. The number of nitrogens with two attached hydrogens (primary N) is 1. The van der Waals surface area contributed by atoms with Crippen LogP contribution in [0.3, 0.4) is 0 Å². The van der Waals surface area contributed by atoms with Crippen molar-refractivity contribution in [2.24, 2.45) is 11.8 Å². The Labute approximate surface area is 102 Å². The second-order valence-electron chi connectivity index (χ2n) is 4.76. The third-order valence-electron chi connectivity index (χ3n) is 3.55. The van der Waals surface area contributed by atoms with Gasteiger partial charge in [0, 0.05) is 12.1 Å². The van der Waals surface area contributed by atoms with E-state index >= 15 is 0 Å². The molecule has 4 N–H and O–H groups in total. The van der Waals surface area contributed by atoms with Gasteiger partial charge >= 0.3 is 0 Å². The number of hydrogen-bond donors (Lipinski definition) is 3. The lowest BCUT2D eigenvalue weighted by molar-refractivity contribution is 0.328. The summed E-state index contributed by atoms with van der Waals surface area (Å²) in [5, 5.41) is 3.44. The minimum atomic E-state index is 0.454. The van der Waals surface area contributed by atoms with E-state index in [0.29, 0.717) is 11.9 Å². The zero-order valence-electron chi connectivity index (χ0n) is 10.3. The fourth-order valence-corrected chi connectivity index (χ4v) is 2.50. The predicted octanol–water partition coefficient (Wildman–Crippen LogP) is 2.14. The summed E-state index contributed by atoms with van der Waals surface area (Å²) in [6.07, 6.45) is 8.26. The highest BCUT2D eigenvalue weighted by Crippen LogP contribution is 2.27. The Hall–Kier alpha value is -1.36. The molecule has 0 amide bonds. The van der Waals surface area contributed by atoms with Gasteiger partial charge in [0.15, 0.2) is 0 Å². The summed E-state index contributed by atoms with van der Waals surface area (Å²) in [5.41, 5.74) is 2.53. The summed E-state index contributed by atoms with van der Waals surface area (Å²) in [6, 6.07) is 2.29. The molecular weight excluding hydrogens is 214 g/mol. The van der Waals surface area contributed by atoms with Crippen LogP contribution in [0.5, 0.6) is 0 Å². The first-order chi connectivity index (χ1) is 8.29. The summed E-state index contributed by atoms with van der Waals surface area (Å²) >= 11 is 0. The molecule has 1 atom stereocenters. The van der Waals surface area contributed by atoms with Gasteiger partial charge in [0.2, 0.25) is 0 Å². The van der Waals surface area contributed by atoms with E-state index in [1.165, 1.54) is 38.4 Å². The van der Waals surface area contributed by atoms with Crippen molar-refractivity contribution in [3.05, 3.63) is 12.4 Å². The molecule has 0 radical (unpaired) electrons. The van der Waals surface area contributed by atoms with Crippen molar-refractivity contribution >= 4 is 11.6 Å². The van der Waals surface area contributed by atoms with E-state index in [1.54, 1.807) is 0 Å². The average molecular weight is 235 g/mol. The van der Waals surface area contributed by atoms with Gasteiger partial charge in [-0.2, -0.15) is 0 Å². The zero-order valence-corrected chi connectivity index (χ0v) is 10.3. The number of nitrogens with one attached hydrogen (secondary N) is 2. The van der Waals surface area contributed by atoms with E-state index in [1.807, 2.05) is 6.07 Å². The molecule has 1 aliphatic carbocycles. The number of hydrazine groups is 1. The molecule has 1 saturated carbocycles. The van der Waals surface area contributed by atoms with E-state index < -0.39 is 0 Å². The Morgan fingerprint density at radius 3 is 2.65 bits per heavy atom. The van der Waals surface area contributed by atoms with Gasteiger partial charge in [-0.3, -0.25) is 0 Å². The van der Waals surface area contributed by atoms with Crippen LogP contribution in [0, 0.1) is 5.92 Å². The van der Waals surface area contributed by atoms with Crippen molar-refractivity contribution in [2.45, 2.75) is 45.1 Å². The van der Waals surface area contributed by atoms with Crippen LogP contribution in [0.4, 0.5) is 11.6 Å². The van der Waals surface area contributed by atoms with Gasteiger partial charge < -0.3 is 10.7 Å². The number of hydrogen-bond acceptors (Lipinski definition) is 5. The molecule has 0 aromatic carbocycles. The van der Waals surface area contributed by atoms with Crippen LogP contribution in [-0.4, -0.2) is 16.0 Å². The van der Waals surface area contributed by atoms with Crippen molar-refractivity contribution in [3.8, 4) is 0 Å². The van der Waals surface area contributed by atoms with Crippen LogP contribution < -0.4 is 16.6 Å². The molecule has 1 aromatic heterocycles. The number of nitrogen functional groups attached to an aromatic ring is 1. The Bertz CT molecular complexity index is 349. The topological polar surface area (TPSA) is 75.9 Å². The maximum atomic E-state index is 5.32. The normalized spacial score (nSPS) is 18.7. The Kier molecular flexibility index (Phi) is 4.14. The van der Waals surface area contributed by atoms with Crippen molar-refractivity contribution in [3.63, 3.8) is 0 Å². The zero-order chi connectivity index (χ0) is 12.1. The second kappa shape index (κ2) is 5.82. The van der Waals surface area contributed by atoms with Crippen LogP contribution in [0.1, 0.15) is 39.0 Å². The van der Waals surface area contributed by atoms with Crippen LogP contribution in [0.15, 0.2) is 12.4 Å². The highest BCUT2D eigenvalue weighted by atomic mass is 15.3. The van der Waals surface area contributed by atoms with Crippen LogP contribution >= 0.6 is 0 Å². The van der Waals surface area contributed by atoms with Crippen molar-refractivity contribution in [1.29, 1.82) is 0 Å². The summed E-state index contributed by atoms with van der Waals surface area (Å²) in [5.74, 6) is 7.56. The van der Waals surface area contributed by atoms with Gasteiger partial charge in [-0.15, -0.1) is 0 Å². The van der Waals surface area contributed by atoms with Gasteiger partial charge in [-0.25, -0.2) is 15.8 Å². The van der Waals surface area contributed by atoms with Gasteiger partial charge in [0.05, 0.1) is 0 Å². The van der Waals surface area contributed by atoms with Crippen LogP contribution in [-0.2, 0) is 0 Å².